The summed E-state index contributed by atoms with van der Waals surface area (Å²) in [5.74, 6) is 0. The second-order valence-corrected chi connectivity index (χ2v) is 3.46. The summed E-state index contributed by atoms with van der Waals surface area (Å²) in [7, 11) is 3.90. The first-order valence-electron chi connectivity index (χ1n) is 4.73. The summed E-state index contributed by atoms with van der Waals surface area (Å²) in [4.78, 5) is 2.18. The van der Waals surface area contributed by atoms with Crippen molar-refractivity contribution in [2.24, 2.45) is 12.1 Å². The van der Waals surface area contributed by atoms with Gasteiger partial charge in [0.05, 0.1) is 6.20 Å². The van der Waals surface area contributed by atoms with E-state index in [2.05, 4.69) is 22.0 Å². The predicted molar refractivity (Wildman–Crippen MR) is 54.6 cm³/mol. The highest BCUT2D eigenvalue weighted by molar-refractivity contribution is 5.57. The van der Waals surface area contributed by atoms with Gasteiger partial charge in [-0.3, -0.25) is 9.69 Å². The SMILES string of the molecule is CCN1C=NN(C)C1c1cnn(C)c1. The molecule has 0 saturated carbocycles. The third-order valence-electron chi connectivity index (χ3n) is 2.44. The fourth-order valence-electron chi connectivity index (χ4n) is 1.72. The Morgan fingerprint density at radius 2 is 2.21 bits per heavy atom. The van der Waals surface area contributed by atoms with Crippen LogP contribution in [-0.2, 0) is 7.05 Å². The molecule has 0 N–H and O–H groups in total. The van der Waals surface area contributed by atoms with Gasteiger partial charge in [-0.1, -0.05) is 0 Å². The van der Waals surface area contributed by atoms with Crippen LogP contribution in [0.1, 0.15) is 18.7 Å². The van der Waals surface area contributed by atoms with E-state index >= 15 is 0 Å². The number of aromatic nitrogens is 2. The van der Waals surface area contributed by atoms with Crippen molar-refractivity contribution < 1.29 is 0 Å². The molecule has 5 heteroatoms. The Kier molecular flexibility index (Phi) is 2.15. The van der Waals surface area contributed by atoms with Crippen LogP contribution in [-0.4, -0.2) is 39.6 Å². The van der Waals surface area contributed by atoms with Crippen molar-refractivity contribution in [1.82, 2.24) is 19.7 Å². The van der Waals surface area contributed by atoms with E-state index in [0.717, 1.165) is 6.54 Å². The van der Waals surface area contributed by atoms with Crippen LogP contribution in [0.2, 0.25) is 0 Å². The number of hydrazone groups is 1. The number of rotatable bonds is 2. The van der Waals surface area contributed by atoms with Crippen LogP contribution in [0.15, 0.2) is 17.5 Å². The molecular weight excluding hydrogens is 178 g/mol. The first-order valence-corrected chi connectivity index (χ1v) is 4.73. The third kappa shape index (κ3) is 1.34. The smallest absolute Gasteiger partial charge is 0.147 e. The molecule has 0 spiro atoms. The van der Waals surface area contributed by atoms with E-state index in [1.54, 1.807) is 0 Å². The third-order valence-corrected chi connectivity index (χ3v) is 2.44. The first-order chi connectivity index (χ1) is 6.72. The van der Waals surface area contributed by atoms with Crippen molar-refractivity contribution in [2.75, 3.05) is 13.6 Å². The van der Waals surface area contributed by atoms with Crippen LogP contribution in [0.25, 0.3) is 0 Å². The molecule has 1 atom stereocenters. The van der Waals surface area contributed by atoms with Gasteiger partial charge in [-0.15, -0.1) is 0 Å². The van der Waals surface area contributed by atoms with E-state index < -0.39 is 0 Å². The van der Waals surface area contributed by atoms with Crippen LogP contribution in [0.5, 0.6) is 0 Å². The molecule has 0 radical (unpaired) electrons. The summed E-state index contributed by atoms with van der Waals surface area (Å²) >= 11 is 0. The minimum Gasteiger partial charge on any atom is -0.336 e. The highest BCUT2D eigenvalue weighted by Gasteiger charge is 2.26. The van der Waals surface area contributed by atoms with Gasteiger partial charge in [0.25, 0.3) is 0 Å². The average Bonchev–Trinajstić information content (AvgIpc) is 2.71. The molecule has 0 bridgehead atoms. The molecule has 76 valence electrons. The van der Waals surface area contributed by atoms with E-state index in [1.807, 2.05) is 42.5 Å². The van der Waals surface area contributed by atoms with Gasteiger partial charge in [-0.05, 0) is 6.92 Å². The summed E-state index contributed by atoms with van der Waals surface area (Å²) in [6, 6.07) is 0. The van der Waals surface area contributed by atoms with Crippen molar-refractivity contribution in [2.45, 2.75) is 13.1 Å². The fraction of sp³-hybridized carbons (Fsp3) is 0.556. The van der Waals surface area contributed by atoms with Crippen LogP contribution >= 0.6 is 0 Å². The summed E-state index contributed by atoms with van der Waals surface area (Å²) in [6.07, 6.45) is 5.99. The highest BCUT2D eigenvalue weighted by atomic mass is 15.6. The molecule has 1 unspecified atom stereocenters. The van der Waals surface area contributed by atoms with Gasteiger partial charge < -0.3 is 4.90 Å². The molecule has 2 heterocycles. The molecule has 1 aliphatic heterocycles. The minimum atomic E-state index is 0.202. The monoisotopic (exact) mass is 193 g/mol. The molecule has 1 aliphatic rings. The molecule has 0 aliphatic carbocycles. The normalized spacial score (nSPS) is 20.9. The summed E-state index contributed by atoms with van der Waals surface area (Å²) in [5.41, 5.74) is 1.18. The zero-order valence-corrected chi connectivity index (χ0v) is 8.75. The lowest BCUT2D eigenvalue weighted by Crippen LogP contribution is -2.29. The lowest BCUT2D eigenvalue weighted by molar-refractivity contribution is 0.168. The van der Waals surface area contributed by atoms with E-state index in [-0.39, 0.29) is 6.17 Å². The molecule has 1 aromatic heterocycles. The highest BCUT2D eigenvalue weighted by Crippen LogP contribution is 2.25. The van der Waals surface area contributed by atoms with E-state index in [4.69, 9.17) is 0 Å². The molecule has 0 amide bonds. The van der Waals surface area contributed by atoms with Crippen LogP contribution < -0.4 is 0 Å². The molecule has 0 aromatic carbocycles. The lowest BCUT2D eigenvalue weighted by atomic mass is 10.2. The van der Waals surface area contributed by atoms with Crippen LogP contribution in [0.4, 0.5) is 0 Å². The Bertz CT molecular complexity index is 343. The van der Waals surface area contributed by atoms with Crippen molar-refractivity contribution in [1.29, 1.82) is 0 Å². The van der Waals surface area contributed by atoms with Gasteiger partial charge >= 0.3 is 0 Å². The number of aryl methyl sites for hydroxylation is 1. The number of hydrogen-bond acceptors (Lipinski definition) is 4. The average molecular weight is 193 g/mol. The predicted octanol–water partition coefficient (Wildman–Crippen LogP) is 0.629. The zero-order chi connectivity index (χ0) is 10.1. The molecule has 2 rings (SSSR count). The topological polar surface area (TPSA) is 36.7 Å². The summed E-state index contributed by atoms with van der Waals surface area (Å²) in [5, 5.41) is 10.4. The van der Waals surface area contributed by atoms with Gasteiger partial charge in [-0.25, -0.2) is 0 Å². The Balaban J connectivity index is 2.25. The zero-order valence-electron chi connectivity index (χ0n) is 8.75. The second-order valence-electron chi connectivity index (χ2n) is 3.46. The maximum atomic E-state index is 4.25. The number of hydrogen-bond donors (Lipinski definition) is 0. The van der Waals surface area contributed by atoms with E-state index in [1.165, 1.54) is 5.56 Å². The maximum absolute atomic E-state index is 4.25. The Morgan fingerprint density at radius 3 is 2.79 bits per heavy atom. The quantitative estimate of drug-likeness (QED) is 0.691. The van der Waals surface area contributed by atoms with E-state index in [0.29, 0.717) is 0 Å². The molecule has 1 aromatic rings. The van der Waals surface area contributed by atoms with Crippen LogP contribution in [0, 0.1) is 0 Å². The standard InChI is InChI=1S/C9H15N5/c1-4-14-7-11-13(3)9(14)8-5-10-12(2)6-8/h5-7,9H,4H2,1-3H3. The maximum Gasteiger partial charge on any atom is 0.147 e. The summed E-state index contributed by atoms with van der Waals surface area (Å²) in [6.45, 7) is 3.07. The number of nitrogens with zero attached hydrogens (tertiary/aromatic N) is 5. The lowest BCUT2D eigenvalue weighted by Gasteiger charge is -2.26. The van der Waals surface area contributed by atoms with Gasteiger partial charge in [0.2, 0.25) is 0 Å². The van der Waals surface area contributed by atoms with Crippen molar-refractivity contribution >= 4 is 6.34 Å². The van der Waals surface area contributed by atoms with Crippen LogP contribution in [0.3, 0.4) is 0 Å². The second kappa shape index (κ2) is 3.32. The van der Waals surface area contributed by atoms with Gasteiger partial charge in [0.1, 0.15) is 12.5 Å². The van der Waals surface area contributed by atoms with Gasteiger partial charge in [0, 0.05) is 32.4 Å². The fourth-order valence-corrected chi connectivity index (χ4v) is 1.72. The summed E-state index contributed by atoms with van der Waals surface area (Å²) < 4.78 is 1.81. The largest absolute Gasteiger partial charge is 0.336 e. The minimum absolute atomic E-state index is 0.202. The van der Waals surface area contributed by atoms with Gasteiger partial charge in [-0.2, -0.15) is 10.2 Å². The van der Waals surface area contributed by atoms with Gasteiger partial charge in [0.15, 0.2) is 0 Å². The molecule has 5 nitrogen and oxygen atoms in total. The van der Waals surface area contributed by atoms with Crippen molar-refractivity contribution in [3.8, 4) is 0 Å². The Labute approximate surface area is 83.6 Å². The molecule has 14 heavy (non-hydrogen) atoms. The molecule has 0 fully saturated rings. The Morgan fingerprint density at radius 1 is 1.43 bits per heavy atom. The first kappa shape index (κ1) is 9.05. The van der Waals surface area contributed by atoms with E-state index in [9.17, 15) is 0 Å². The molecule has 0 saturated heterocycles. The van der Waals surface area contributed by atoms with Crippen molar-refractivity contribution in [3.05, 3.63) is 18.0 Å². The molecular formula is C9H15N5. The Hall–Kier alpha value is -1.52. The van der Waals surface area contributed by atoms with Crippen molar-refractivity contribution in [3.63, 3.8) is 0 Å².